The average Bonchev–Trinajstić information content (AvgIpc) is 2.20. The highest BCUT2D eigenvalue weighted by Gasteiger charge is 2.16. The lowest BCUT2D eigenvalue weighted by Crippen LogP contribution is -2.41. The van der Waals surface area contributed by atoms with Crippen LogP contribution in [0.2, 0.25) is 0 Å². The molecule has 5 heteroatoms. The molecule has 0 radical (unpaired) electrons. The van der Waals surface area contributed by atoms with Gasteiger partial charge in [-0.25, -0.2) is 9.98 Å². The monoisotopic (exact) mass is 245 g/mol. The van der Waals surface area contributed by atoms with Crippen molar-refractivity contribution in [2.24, 2.45) is 9.98 Å². The summed E-state index contributed by atoms with van der Waals surface area (Å²) in [7, 11) is 0. The number of alkyl halides is 1. The molecule has 0 spiro atoms. The predicted octanol–water partition coefficient (Wildman–Crippen LogP) is 0.522. The third-order valence-electron chi connectivity index (χ3n) is 2.05. The van der Waals surface area contributed by atoms with Gasteiger partial charge in [0.1, 0.15) is 0 Å². The standard InChI is InChI=1S/C8H12BrN3O/c9-7-5-10-8(11-6-7)12-1-3-13-4-2-12/h5,7H,1-4,6H2. The smallest absolute Gasteiger partial charge is 0.220 e. The Labute approximate surface area is 85.8 Å². The van der Waals surface area contributed by atoms with Crippen molar-refractivity contribution < 1.29 is 4.74 Å². The fourth-order valence-electron chi connectivity index (χ4n) is 1.35. The lowest BCUT2D eigenvalue weighted by molar-refractivity contribution is 0.0674. The summed E-state index contributed by atoms with van der Waals surface area (Å²) < 4.78 is 5.25. The molecule has 0 aromatic heterocycles. The summed E-state index contributed by atoms with van der Waals surface area (Å²) in [6.45, 7) is 4.17. The van der Waals surface area contributed by atoms with Crippen LogP contribution in [0.4, 0.5) is 0 Å². The Morgan fingerprint density at radius 1 is 1.46 bits per heavy atom. The van der Waals surface area contributed by atoms with E-state index < -0.39 is 0 Å². The second kappa shape index (κ2) is 4.19. The van der Waals surface area contributed by atoms with Crippen LogP contribution in [0.25, 0.3) is 0 Å². The summed E-state index contributed by atoms with van der Waals surface area (Å²) >= 11 is 3.44. The molecule has 0 amide bonds. The Balaban J connectivity index is 1.96. The maximum absolute atomic E-state index is 5.25. The molecule has 0 bridgehead atoms. The van der Waals surface area contributed by atoms with Gasteiger partial charge in [0.15, 0.2) is 0 Å². The maximum Gasteiger partial charge on any atom is 0.220 e. The second-order valence-corrected chi connectivity index (χ2v) is 4.21. The van der Waals surface area contributed by atoms with Gasteiger partial charge < -0.3 is 9.64 Å². The zero-order valence-corrected chi connectivity index (χ0v) is 8.90. The summed E-state index contributed by atoms with van der Waals surface area (Å²) in [6, 6.07) is 0. The third-order valence-corrected chi connectivity index (χ3v) is 2.58. The van der Waals surface area contributed by atoms with Crippen molar-refractivity contribution in [3.8, 4) is 0 Å². The summed E-state index contributed by atoms with van der Waals surface area (Å²) in [5.74, 6) is 0.860. The molecule has 2 aliphatic heterocycles. The van der Waals surface area contributed by atoms with E-state index in [-0.39, 0.29) is 0 Å². The molecule has 13 heavy (non-hydrogen) atoms. The molecule has 0 aromatic rings. The van der Waals surface area contributed by atoms with Crippen molar-refractivity contribution >= 4 is 28.1 Å². The number of hydrogen-bond acceptors (Lipinski definition) is 4. The third kappa shape index (κ3) is 2.28. The number of aliphatic imine (C=N–C) groups is 2. The van der Waals surface area contributed by atoms with Crippen LogP contribution in [-0.2, 0) is 4.74 Å². The molecule has 0 N–H and O–H groups in total. The molecule has 1 saturated heterocycles. The SMILES string of the molecule is BrC1C=NC(N2CCOCC2)=NC1. The van der Waals surface area contributed by atoms with Gasteiger partial charge in [-0.3, -0.25) is 0 Å². The molecule has 1 fully saturated rings. The zero-order valence-electron chi connectivity index (χ0n) is 7.32. The molecule has 4 nitrogen and oxygen atoms in total. The Bertz CT molecular complexity index is 236. The van der Waals surface area contributed by atoms with Crippen molar-refractivity contribution in [1.29, 1.82) is 0 Å². The Morgan fingerprint density at radius 2 is 2.23 bits per heavy atom. The first kappa shape index (κ1) is 9.15. The van der Waals surface area contributed by atoms with E-state index in [1.165, 1.54) is 0 Å². The highest BCUT2D eigenvalue weighted by Crippen LogP contribution is 2.07. The molecular weight excluding hydrogens is 234 g/mol. The largest absolute Gasteiger partial charge is 0.378 e. The summed E-state index contributed by atoms with van der Waals surface area (Å²) in [5, 5.41) is 0. The molecule has 1 atom stereocenters. The van der Waals surface area contributed by atoms with E-state index in [4.69, 9.17) is 4.74 Å². The van der Waals surface area contributed by atoms with Crippen molar-refractivity contribution in [3.63, 3.8) is 0 Å². The van der Waals surface area contributed by atoms with Gasteiger partial charge >= 0.3 is 0 Å². The minimum Gasteiger partial charge on any atom is -0.378 e. The van der Waals surface area contributed by atoms with Crippen molar-refractivity contribution in [2.75, 3.05) is 32.8 Å². The Kier molecular flexibility index (Phi) is 2.95. The van der Waals surface area contributed by atoms with Crippen LogP contribution in [0, 0.1) is 0 Å². The number of morpholine rings is 1. The van der Waals surface area contributed by atoms with Gasteiger partial charge in [0.05, 0.1) is 24.6 Å². The average molecular weight is 246 g/mol. The molecule has 72 valence electrons. The molecule has 2 rings (SSSR count). The molecule has 0 saturated carbocycles. The van der Waals surface area contributed by atoms with Crippen LogP contribution >= 0.6 is 15.9 Å². The minimum absolute atomic E-state index is 0.303. The Hall–Kier alpha value is -0.420. The van der Waals surface area contributed by atoms with E-state index in [9.17, 15) is 0 Å². The molecule has 0 aliphatic carbocycles. The number of guanidine groups is 1. The summed E-state index contributed by atoms with van der Waals surface area (Å²) in [5.41, 5.74) is 0. The first-order valence-corrected chi connectivity index (χ1v) is 5.33. The van der Waals surface area contributed by atoms with Gasteiger partial charge in [0.2, 0.25) is 5.96 Å². The molecular formula is C8H12BrN3O. The van der Waals surface area contributed by atoms with E-state index in [1.807, 2.05) is 6.21 Å². The van der Waals surface area contributed by atoms with E-state index >= 15 is 0 Å². The number of hydrogen-bond donors (Lipinski definition) is 0. The molecule has 1 unspecified atom stereocenters. The predicted molar refractivity (Wildman–Crippen MR) is 55.9 cm³/mol. The maximum atomic E-state index is 5.25. The first-order valence-electron chi connectivity index (χ1n) is 4.41. The number of rotatable bonds is 0. The van der Waals surface area contributed by atoms with Crippen LogP contribution < -0.4 is 0 Å². The van der Waals surface area contributed by atoms with Gasteiger partial charge in [-0.2, -0.15) is 0 Å². The number of ether oxygens (including phenoxy) is 1. The second-order valence-electron chi connectivity index (χ2n) is 3.03. The summed E-state index contributed by atoms with van der Waals surface area (Å²) in [4.78, 5) is 11.1. The van der Waals surface area contributed by atoms with Crippen LogP contribution in [0.1, 0.15) is 0 Å². The fraction of sp³-hybridized carbons (Fsp3) is 0.750. The lowest BCUT2D eigenvalue weighted by Gasteiger charge is -2.28. The molecule has 2 heterocycles. The van der Waals surface area contributed by atoms with Crippen LogP contribution in [0.3, 0.4) is 0 Å². The van der Waals surface area contributed by atoms with E-state index in [2.05, 4.69) is 30.8 Å². The highest BCUT2D eigenvalue weighted by atomic mass is 79.9. The van der Waals surface area contributed by atoms with E-state index in [1.54, 1.807) is 0 Å². The van der Waals surface area contributed by atoms with Crippen LogP contribution in [-0.4, -0.2) is 54.7 Å². The Morgan fingerprint density at radius 3 is 2.85 bits per heavy atom. The first-order chi connectivity index (χ1) is 6.36. The van der Waals surface area contributed by atoms with Crippen LogP contribution in [0.15, 0.2) is 9.98 Å². The number of halogens is 1. The van der Waals surface area contributed by atoms with Gasteiger partial charge in [-0.1, -0.05) is 15.9 Å². The lowest BCUT2D eigenvalue weighted by atomic mass is 10.4. The van der Waals surface area contributed by atoms with E-state index in [0.29, 0.717) is 4.83 Å². The van der Waals surface area contributed by atoms with Gasteiger partial charge in [-0.05, 0) is 0 Å². The van der Waals surface area contributed by atoms with Crippen LogP contribution in [0.5, 0.6) is 0 Å². The zero-order chi connectivity index (χ0) is 9.10. The van der Waals surface area contributed by atoms with Gasteiger partial charge in [-0.15, -0.1) is 0 Å². The van der Waals surface area contributed by atoms with Crippen molar-refractivity contribution in [3.05, 3.63) is 0 Å². The molecule has 0 aromatic carbocycles. The summed E-state index contributed by atoms with van der Waals surface area (Å²) in [6.07, 6.45) is 1.90. The molecule has 2 aliphatic rings. The quantitative estimate of drug-likeness (QED) is 0.584. The number of nitrogens with zero attached hydrogens (tertiary/aromatic N) is 3. The topological polar surface area (TPSA) is 37.2 Å². The normalized spacial score (nSPS) is 28.8. The highest BCUT2D eigenvalue weighted by molar-refractivity contribution is 9.10. The van der Waals surface area contributed by atoms with E-state index in [0.717, 1.165) is 38.8 Å². The van der Waals surface area contributed by atoms with Crippen molar-refractivity contribution in [1.82, 2.24) is 4.90 Å². The minimum atomic E-state index is 0.303. The van der Waals surface area contributed by atoms with Gasteiger partial charge in [0, 0.05) is 19.3 Å². The van der Waals surface area contributed by atoms with Gasteiger partial charge in [0.25, 0.3) is 0 Å². The fourth-order valence-corrected chi connectivity index (χ4v) is 1.61. The van der Waals surface area contributed by atoms with Crippen molar-refractivity contribution in [2.45, 2.75) is 4.83 Å².